The number of aliphatic imine (C=N–C) groups is 1. The van der Waals surface area contributed by atoms with Crippen LogP contribution in [-0.4, -0.2) is 24.4 Å². The topological polar surface area (TPSA) is 77.0 Å². The smallest absolute Gasteiger partial charge is 0.255 e. The number of nitrogens with one attached hydrogen (secondary N) is 1. The number of carbonyl (C=O) groups excluding carboxylic acids is 2. The Morgan fingerprint density at radius 3 is 2.02 bits per heavy atom. The largest absolute Gasteiger partial charge is 0.454 e. The van der Waals surface area contributed by atoms with Crippen LogP contribution in [0.2, 0.25) is 0 Å². The molecule has 0 bridgehead atoms. The first kappa shape index (κ1) is 29.0. The van der Waals surface area contributed by atoms with Gasteiger partial charge in [-0.25, -0.2) is 4.79 Å². The van der Waals surface area contributed by atoms with E-state index in [1.165, 1.54) is 11.5 Å². The van der Waals surface area contributed by atoms with Gasteiger partial charge in [-0.15, -0.1) is 0 Å². The highest BCUT2D eigenvalue weighted by Crippen LogP contribution is 2.33. The minimum atomic E-state index is -0.188. The van der Waals surface area contributed by atoms with E-state index < -0.39 is 0 Å². The quantitative estimate of drug-likeness (QED) is 0.302. The average Bonchev–Trinajstić information content (AvgIpc) is 3.69. The first-order valence-electron chi connectivity index (χ1n) is 12.5. The summed E-state index contributed by atoms with van der Waals surface area (Å²) >= 11 is 0. The molecule has 2 aliphatic rings. The van der Waals surface area contributed by atoms with Gasteiger partial charge < -0.3 is 14.8 Å². The van der Waals surface area contributed by atoms with Crippen molar-refractivity contribution in [2.45, 2.75) is 6.42 Å². The fourth-order valence-electron chi connectivity index (χ4n) is 3.67. The van der Waals surface area contributed by atoms with Crippen molar-refractivity contribution in [2.75, 3.05) is 12.1 Å². The summed E-state index contributed by atoms with van der Waals surface area (Å²) in [4.78, 5) is 26.8. The van der Waals surface area contributed by atoms with Gasteiger partial charge >= 0.3 is 0 Å². The zero-order chi connectivity index (χ0) is 30.1. The summed E-state index contributed by atoms with van der Waals surface area (Å²) in [5, 5.41) is 2.91. The Morgan fingerprint density at radius 2 is 1.37 bits per heavy atom. The number of benzene rings is 3. The van der Waals surface area contributed by atoms with Crippen molar-refractivity contribution >= 4 is 28.9 Å². The zero-order valence-electron chi connectivity index (χ0n) is 22.6. The molecule has 0 aliphatic carbocycles. The van der Waals surface area contributed by atoms with Gasteiger partial charge in [-0.05, 0) is 88.5 Å². The van der Waals surface area contributed by atoms with Crippen molar-refractivity contribution in [3.05, 3.63) is 165 Å². The van der Waals surface area contributed by atoms with Crippen LogP contribution in [0.1, 0.15) is 21.5 Å². The summed E-state index contributed by atoms with van der Waals surface area (Å²) in [6.45, 7) is 3.46. The molecule has 0 spiro atoms. The maximum Gasteiger partial charge on any atom is 0.255 e. The molecule has 0 atom stereocenters. The van der Waals surface area contributed by atoms with E-state index >= 15 is 0 Å². The van der Waals surface area contributed by atoms with E-state index in [2.05, 4.69) is 86.7 Å². The SMILES string of the molecule is C=C=C=C=C=C=C=C=C=C=C=C=C=C=C=O.O=C(Nc1ccc(C2=Nc3ccccc3C2)cc1)c1ccc2c(c1)OCO2. The number of hydrogen-bond donors (Lipinski definition) is 1. The lowest BCUT2D eigenvalue weighted by Crippen LogP contribution is -2.12. The highest BCUT2D eigenvalue weighted by atomic mass is 16.7. The highest BCUT2D eigenvalue weighted by Gasteiger charge is 2.17. The van der Waals surface area contributed by atoms with Gasteiger partial charge in [0.1, 0.15) is 0 Å². The Labute approximate surface area is 247 Å². The molecule has 5 rings (SSSR count). The third-order valence-corrected chi connectivity index (χ3v) is 5.54. The van der Waals surface area contributed by atoms with E-state index in [0.29, 0.717) is 17.1 Å². The highest BCUT2D eigenvalue weighted by molar-refractivity contribution is 6.07. The summed E-state index contributed by atoms with van der Waals surface area (Å²) in [5.74, 6) is 2.44. The molecule has 3 aromatic rings. The van der Waals surface area contributed by atoms with E-state index in [9.17, 15) is 9.59 Å². The van der Waals surface area contributed by atoms with Crippen LogP contribution in [0.4, 0.5) is 11.4 Å². The van der Waals surface area contributed by atoms with Crippen LogP contribution in [0.25, 0.3) is 0 Å². The number of amides is 1. The summed E-state index contributed by atoms with van der Waals surface area (Å²) in [5.41, 5.74) is 36.4. The summed E-state index contributed by atoms with van der Waals surface area (Å²) in [6.07, 6.45) is 0.832. The van der Waals surface area contributed by atoms with Gasteiger partial charge in [-0.3, -0.25) is 9.79 Å². The van der Waals surface area contributed by atoms with E-state index in [-0.39, 0.29) is 12.7 Å². The lowest BCUT2D eigenvalue weighted by Gasteiger charge is -2.07. The van der Waals surface area contributed by atoms with Gasteiger partial charge in [-0.1, -0.05) is 36.1 Å². The van der Waals surface area contributed by atoms with Crippen molar-refractivity contribution in [1.82, 2.24) is 0 Å². The molecule has 43 heavy (non-hydrogen) atoms. The molecule has 3 aromatic carbocycles. The van der Waals surface area contributed by atoms with Crippen molar-refractivity contribution < 1.29 is 19.1 Å². The molecule has 2 heterocycles. The second kappa shape index (κ2) is 15.5. The minimum Gasteiger partial charge on any atom is -0.454 e. The predicted octanol–water partition coefficient (Wildman–Crippen LogP) is 6.36. The molecule has 2 aliphatic heterocycles. The van der Waals surface area contributed by atoms with Crippen molar-refractivity contribution in [2.24, 2.45) is 4.99 Å². The van der Waals surface area contributed by atoms with Gasteiger partial charge in [0, 0.05) is 52.1 Å². The summed E-state index contributed by atoms with van der Waals surface area (Å²) < 4.78 is 10.6. The van der Waals surface area contributed by atoms with Crippen LogP contribution >= 0.6 is 0 Å². The van der Waals surface area contributed by atoms with Crippen molar-refractivity contribution in [3.8, 4) is 11.5 Å². The fourth-order valence-corrected chi connectivity index (χ4v) is 3.67. The standard InChI is InChI=1S/C22H16N2O3.C15H2O/c25-22(16-7-10-20-21(12-16)27-13-26-20)23-17-8-5-14(6-9-17)19-11-15-3-1-2-4-18(15)24-19;1-2-3-4-5-6-7-8-9-10-11-12-13-14-15-16/h1-10,12H,11,13H2,(H,23,25);1H2. The number of nitrogens with zero attached hydrogens (tertiary/aromatic N) is 1. The Kier molecular flexibility index (Phi) is 10.5. The molecule has 1 N–H and O–H groups in total. The second-order valence-electron chi connectivity index (χ2n) is 8.24. The Balaban J connectivity index is 0.000000229. The number of hydrogen-bond acceptors (Lipinski definition) is 5. The monoisotopic (exact) mass is 554 g/mol. The maximum atomic E-state index is 12.5. The van der Waals surface area contributed by atoms with E-state index in [4.69, 9.17) is 14.5 Å². The van der Waals surface area contributed by atoms with E-state index in [0.717, 1.165) is 29.1 Å². The first-order valence-corrected chi connectivity index (χ1v) is 12.5. The molecular weight excluding hydrogens is 536 g/mol. The Morgan fingerprint density at radius 1 is 0.744 bits per heavy atom. The molecule has 0 saturated heterocycles. The lowest BCUT2D eigenvalue weighted by molar-refractivity contribution is 0.102. The molecule has 0 radical (unpaired) electrons. The van der Waals surface area contributed by atoms with Crippen molar-refractivity contribution in [1.29, 1.82) is 0 Å². The van der Waals surface area contributed by atoms with Gasteiger partial charge in [0.15, 0.2) is 17.4 Å². The molecule has 0 saturated carbocycles. The number of fused-ring (bicyclic) bond motifs is 2. The number of ether oxygens (including phenoxy) is 2. The first-order chi connectivity index (χ1) is 21.2. The van der Waals surface area contributed by atoms with Gasteiger partial charge in [0.05, 0.1) is 11.4 Å². The van der Waals surface area contributed by atoms with Gasteiger partial charge in [0.25, 0.3) is 5.91 Å². The molecule has 6 nitrogen and oxygen atoms in total. The molecule has 0 fully saturated rings. The number of rotatable bonds is 3. The van der Waals surface area contributed by atoms with Gasteiger partial charge in [0.2, 0.25) is 6.79 Å². The van der Waals surface area contributed by atoms with Crippen molar-refractivity contribution in [3.63, 3.8) is 0 Å². The molecule has 0 unspecified atom stereocenters. The number of anilines is 1. The number of para-hydroxylation sites is 1. The van der Waals surface area contributed by atoms with E-state index in [1.54, 1.807) is 18.2 Å². The molecular formula is C37H18N2O4. The van der Waals surface area contributed by atoms with Crippen LogP contribution in [0.3, 0.4) is 0 Å². The van der Waals surface area contributed by atoms with Gasteiger partial charge in [-0.2, -0.15) is 0 Å². The Hall–Kier alpha value is -7.01. The number of carbonyl (C=O) groups is 1. The summed E-state index contributed by atoms with van der Waals surface area (Å²) in [6, 6.07) is 21.1. The van der Waals surface area contributed by atoms with Crippen LogP contribution in [0.15, 0.2) is 153 Å². The zero-order valence-corrected chi connectivity index (χ0v) is 22.6. The molecule has 0 aromatic heterocycles. The summed E-state index contributed by atoms with van der Waals surface area (Å²) in [7, 11) is 0. The average molecular weight is 555 g/mol. The normalized spacial score (nSPS) is 10.1. The fraction of sp³-hybridized carbons (Fsp3) is 0.0541. The van der Waals surface area contributed by atoms with Crippen LogP contribution < -0.4 is 14.8 Å². The molecule has 6 heteroatoms. The van der Waals surface area contributed by atoms with E-state index in [1.807, 2.05) is 48.2 Å². The Bertz CT molecular complexity index is 2080. The molecule has 200 valence electrons. The minimum absolute atomic E-state index is 0.188. The third kappa shape index (κ3) is 8.74. The lowest BCUT2D eigenvalue weighted by atomic mass is 10.0. The predicted molar refractivity (Wildman–Crippen MR) is 160 cm³/mol. The van der Waals surface area contributed by atoms with Crippen LogP contribution in [-0.2, 0) is 11.2 Å². The molecule has 1 amide bonds. The second-order valence-corrected chi connectivity index (χ2v) is 8.24. The van der Waals surface area contributed by atoms with Crippen LogP contribution in [0.5, 0.6) is 11.5 Å². The third-order valence-electron chi connectivity index (χ3n) is 5.54. The van der Waals surface area contributed by atoms with Crippen LogP contribution in [0, 0.1) is 0 Å². The maximum absolute atomic E-state index is 12.5.